The molecule has 2 rings (SSSR count). The molecule has 0 fully saturated rings. The van der Waals surface area contributed by atoms with Crippen LogP contribution >= 0.6 is 0 Å². The van der Waals surface area contributed by atoms with Gasteiger partial charge in [-0.2, -0.15) is 5.26 Å². The van der Waals surface area contributed by atoms with Crippen LogP contribution in [0.2, 0.25) is 0 Å². The highest BCUT2D eigenvalue weighted by molar-refractivity contribution is 5.56. The largest absolute Gasteiger partial charge is 0.454 e. The van der Waals surface area contributed by atoms with E-state index in [1.807, 2.05) is 36.4 Å². The van der Waals surface area contributed by atoms with Gasteiger partial charge in [0.15, 0.2) is 11.5 Å². The SMILES string of the molecule is N#CCC=Cc1ccc2c(c1)OCO2. The molecule has 0 aromatic heterocycles. The first-order valence-corrected chi connectivity index (χ1v) is 4.33. The highest BCUT2D eigenvalue weighted by atomic mass is 16.7. The first-order valence-electron chi connectivity index (χ1n) is 4.33. The number of ether oxygens (including phenoxy) is 2. The molecule has 70 valence electrons. The molecule has 0 saturated carbocycles. The van der Waals surface area contributed by atoms with E-state index in [0.717, 1.165) is 17.1 Å². The molecule has 0 spiro atoms. The van der Waals surface area contributed by atoms with E-state index < -0.39 is 0 Å². The number of fused-ring (bicyclic) bond motifs is 1. The Kier molecular flexibility index (Phi) is 2.37. The van der Waals surface area contributed by atoms with Crippen LogP contribution in [0, 0.1) is 11.3 Å². The van der Waals surface area contributed by atoms with Gasteiger partial charge in [-0.3, -0.25) is 0 Å². The fourth-order valence-corrected chi connectivity index (χ4v) is 1.26. The lowest BCUT2D eigenvalue weighted by Crippen LogP contribution is -1.92. The maximum Gasteiger partial charge on any atom is 0.231 e. The molecule has 0 radical (unpaired) electrons. The lowest BCUT2D eigenvalue weighted by molar-refractivity contribution is 0.174. The molecule has 0 N–H and O–H groups in total. The van der Waals surface area contributed by atoms with Gasteiger partial charge in [0.2, 0.25) is 6.79 Å². The normalized spacial score (nSPS) is 13.1. The third-order valence-corrected chi connectivity index (χ3v) is 1.92. The van der Waals surface area contributed by atoms with Crippen LogP contribution in [-0.2, 0) is 0 Å². The third-order valence-electron chi connectivity index (χ3n) is 1.92. The molecule has 0 aliphatic carbocycles. The minimum absolute atomic E-state index is 0.292. The first-order chi connectivity index (χ1) is 6.90. The standard InChI is InChI=1S/C11H9NO2/c12-6-2-1-3-9-4-5-10-11(7-9)14-8-13-10/h1,3-5,7H,2,8H2. The van der Waals surface area contributed by atoms with Gasteiger partial charge in [0.1, 0.15) is 0 Å². The van der Waals surface area contributed by atoms with Crippen molar-refractivity contribution < 1.29 is 9.47 Å². The molecule has 0 amide bonds. The van der Waals surface area contributed by atoms with Crippen molar-refractivity contribution in [2.45, 2.75) is 6.42 Å². The molecule has 0 bridgehead atoms. The molecule has 3 heteroatoms. The summed E-state index contributed by atoms with van der Waals surface area (Å²) in [6, 6.07) is 7.75. The topological polar surface area (TPSA) is 42.2 Å². The average molecular weight is 187 g/mol. The zero-order valence-electron chi connectivity index (χ0n) is 7.56. The number of hydrogen-bond donors (Lipinski definition) is 0. The Balaban J connectivity index is 2.17. The summed E-state index contributed by atoms with van der Waals surface area (Å²) < 4.78 is 10.4. The summed E-state index contributed by atoms with van der Waals surface area (Å²) >= 11 is 0. The highest BCUT2D eigenvalue weighted by Crippen LogP contribution is 2.32. The van der Waals surface area contributed by atoms with E-state index in [1.54, 1.807) is 0 Å². The summed E-state index contributed by atoms with van der Waals surface area (Å²) in [7, 11) is 0. The fourth-order valence-electron chi connectivity index (χ4n) is 1.26. The van der Waals surface area contributed by atoms with Crippen molar-refractivity contribution >= 4 is 6.08 Å². The lowest BCUT2D eigenvalue weighted by Gasteiger charge is -1.96. The van der Waals surface area contributed by atoms with Crippen LogP contribution in [0.3, 0.4) is 0 Å². The molecule has 3 nitrogen and oxygen atoms in total. The Morgan fingerprint density at radius 1 is 1.36 bits per heavy atom. The molecule has 1 aromatic carbocycles. The van der Waals surface area contributed by atoms with Crippen LogP contribution in [0.5, 0.6) is 11.5 Å². The van der Waals surface area contributed by atoms with Crippen molar-refractivity contribution in [1.29, 1.82) is 5.26 Å². The summed E-state index contributed by atoms with van der Waals surface area (Å²) in [5.74, 6) is 1.55. The number of rotatable bonds is 2. The summed E-state index contributed by atoms with van der Waals surface area (Å²) in [5, 5.41) is 8.35. The molecule has 1 heterocycles. The van der Waals surface area contributed by atoms with Gasteiger partial charge < -0.3 is 9.47 Å². The molecule has 14 heavy (non-hydrogen) atoms. The Hall–Kier alpha value is -1.95. The van der Waals surface area contributed by atoms with Crippen molar-refractivity contribution in [3.63, 3.8) is 0 Å². The molecular formula is C11H9NO2. The molecular weight excluding hydrogens is 178 g/mol. The third kappa shape index (κ3) is 1.69. The zero-order chi connectivity index (χ0) is 9.80. The zero-order valence-corrected chi connectivity index (χ0v) is 7.56. The fraction of sp³-hybridized carbons (Fsp3) is 0.182. The summed E-state index contributed by atoms with van der Waals surface area (Å²) in [6.07, 6.45) is 4.14. The van der Waals surface area contributed by atoms with Crippen LogP contribution in [0.4, 0.5) is 0 Å². The monoisotopic (exact) mass is 187 g/mol. The van der Waals surface area contributed by atoms with Crippen LogP contribution in [0.25, 0.3) is 6.08 Å². The second-order valence-electron chi connectivity index (χ2n) is 2.88. The van der Waals surface area contributed by atoms with Crippen molar-refractivity contribution in [2.75, 3.05) is 6.79 Å². The quantitative estimate of drug-likeness (QED) is 0.713. The minimum atomic E-state index is 0.292. The first kappa shape index (κ1) is 8.64. The molecule has 0 saturated heterocycles. The van der Waals surface area contributed by atoms with Crippen LogP contribution in [-0.4, -0.2) is 6.79 Å². The smallest absolute Gasteiger partial charge is 0.231 e. The number of benzene rings is 1. The predicted octanol–water partition coefficient (Wildman–Crippen LogP) is 2.34. The molecule has 1 aromatic rings. The lowest BCUT2D eigenvalue weighted by atomic mass is 10.2. The number of nitriles is 1. The second-order valence-corrected chi connectivity index (χ2v) is 2.88. The van der Waals surface area contributed by atoms with Crippen LogP contribution < -0.4 is 9.47 Å². The number of nitrogens with zero attached hydrogens (tertiary/aromatic N) is 1. The molecule has 1 aliphatic rings. The van der Waals surface area contributed by atoms with E-state index in [-0.39, 0.29) is 0 Å². The van der Waals surface area contributed by atoms with E-state index in [1.165, 1.54) is 0 Å². The Labute approximate surface area is 82.2 Å². The van der Waals surface area contributed by atoms with E-state index in [9.17, 15) is 0 Å². The van der Waals surface area contributed by atoms with Crippen molar-refractivity contribution in [1.82, 2.24) is 0 Å². The number of allylic oxidation sites excluding steroid dienone is 1. The van der Waals surface area contributed by atoms with E-state index >= 15 is 0 Å². The summed E-state index contributed by atoms with van der Waals surface area (Å²) in [4.78, 5) is 0. The van der Waals surface area contributed by atoms with Crippen molar-refractivity contribution in [2.24, 2.45) is 0 Å². The van der Waals surface area contributed by atoms with Crippen molar-refractivity contribution in [3.8, 4) is 17.6 Å². The minimum Gasteiger partial charge on any atom is -0.454 e. The van der Waals surface area contributed by atoms with Crippen LogP contribution in [0.15, 0.2) is 24.3 Å². The van der Waals surface area contributed by atoms with Gasteiger partial charge >= 0.3 is 0 Å². The highest BCUT2D eigenvalue weighted by Gasteiger charge is 2.11. The van der Waals surface area contributed by atoms with Gasteiger partial charge in [-0.1, -0.05) is 18.2 Å². The van der Waals surface area contributed by atoms with E-state index in [0.29, 0.717) is 13.2 Å². The summed E-state index contributed by atoms with van der Waals surface area (Å²) in [5.41, 5.74) is 1.02. The summed E-state index contributed by atoms with van der Waals surface area (Å²) in [6.45, 7) is 0.292. The maximum atomic E-state index is 8.35. The molecule has 1 aliphatic heterocycles. The molecule has 0 atom stereocenters. The van der Waals surface area contributed by atoms with Gasteiger partial charge in [-0.05, 0) is 17.7 Å². The van der Waals surface area contributed by atoms with Gasteiger partial charge in [-0.25, -0.2) is 0 Å². The van der Waals surface area contributed by atoms with Gasteiger partial charge in [0, 0.05) is 0 Å². The Bertz CT molecular complexity index is 404. The molecule has 0 unspecified atom stereocenters. The number of hydrogen-bond acceptors (Lipinski definition) is 3. The van der Waals surface area contributed by atoms with E-state index in [4.69, 9.17) is 14.7 Å². The Morgan fingerprint density at radius 2 is 2.21 bits per heavy atom. The Morgan fingerprint density at radius 3 is 3.07 bits per heavy atom. The van der Waals surface area contributed by atoms with Crippen LogP contribution in [0.1, 0.15) is 12.0 Å². The van der Waals surface area contributed by atoms with Gasteiger partial charge in [0.05, 0.1) is 12.5 Å². The predicted molar refractivity (Wildman–Crippen MR) is 51.8 cm³/mol. The van der Waals surface area contributed by atoms with Gasteiger partial charge in [-0.15, -0.1) is 0 Å². The van der Waals surface area contributed by atoms with Gasteiger partial charge in [0.25, 0.3) is 0 Å². The average Bonchev–Trinajstić information content (AvgIpc) is 2.65. The van der Waals surface area contributed by atoms with Crippen molar-refractivity contribution in [3.05, 3.63) is 29.8 Å². The maximum absolute atomic E-state index is 8.35. The second kappa shape index (κ2) is 3.84. The van der Waals surface area contributed by atoms with E-state index in [2.05, 4.69) is 0 Å².